The first-order valence-corrected chi connectivity index (χ1v) is 2.26. The summed E-state index contributed by atoms with van der Waals surface area (Å²) in [5.74, 6) is 0. The van der Waals surface area contributed by atoms with Crippen LogP contribution in [0.2, 0.25) is 0 Å². The van der Waals surface area contributed by atoms with Gasteiger partial charge in [0.1, 0.15) is 0 Å². The first kappa shape index (κ1) is 4.90. The molecule has 3 N–H and O–H groups in total. The van der Waals surface area contributed by atoms with Gasteiger partial charge in [-0.15, -0.1) is 0 Å². The Morgan fingerprint density at radius 1 is 1.88 bits per heavy atom. The summed E-state index contributed by atoms with van der Waals surface area (Å²) in [5, 5.41) is 6.33. The van der Waals surface area contributed by atoms with Gasteiger partial charge in [0, 0.05) is 0 Å². The molecule has 1 aromatic heterocycles. The van der Waals surface area contributed by atoms with Crippen molar-refractivity contribution in [1.29, 1.82) is 0 Å². The number of nitrogens with one attached hydrogen (secondary N) is 1. The summed E-state index contributed by atoms with van der Waals surface area (Å²) in [5.41, 5.74) is 6.81. The third-order valence-electron chi connectivity index (χ3n) is 0.904. The maximum atomic E-state index is 5.39. The summed E-state index contributed by atoms with van der Waals surface area (Å²) >= 11 is 0. The molecule has 0 saturated heterocycles. The van der Waals surface area contributed by atoms with Crippen molar-refractivity contribution in [3.05, 3.63) is 18.5 Å². The fourth-order valence-corrected chi connectivity index (χ4v) is 0.469. The zero-order valence-electron chi connectivity index (χ0n) is 4.39. The normalized spacial score (nSPS) is 9.00. The fourth-order valence-electron chi connectivity index (χ4n) is 0.469. The van der Waals surface area contributed by atoms with Gasteiger partial charge in [-0.3, -0.25) is 5.10 Å². The summed E-state index contributed by atoms with van der Waals surface area (Å²) in [7, 11) is 0. The molecule has 8 heavy (non-hydrogen) atoms. The Morgan fingerprint density at radius 3 is 2.88 bits per heavy atom. The molecule has 0 aliphatic heterocycles. The zero-order chi connectivity index (χ0) is 5.98. The first-order chi connectivity index (χ1) is 3.84. The Morgan fingerprint density at radius 2 is 2.62 bits per heavy atom. The number of hydrogen-bond donors (Lipinski definition) is 2. The van der Waals surface area contributed by atoms with E-state index in [4.69, 9.17) is 5.73 Å². The van der Waals surface area contributed by atoms with Crippen molar-refractivity contribution in [2.75, 3.05) is 5.73 Å². The molecule has 0 aliphatic rings. The van der Waals surface area contributed by atoms with Crippen LogP contribution in [0, 0.1) is 0 Å². The lowest BCUT2D eigenvalue weighted by Gasteiger charge is -1.82. The van der Waals surface area contributed by atoms with Crippen molar-refractivity contribution < 1.29 is 0 Å². The molecule has 0 amide bonds. The summed E-state index contributed by atoms with van der Waals surface area (Å²) < 4.78 is 0. The lowest BCUT2D eigenvalue weighted by Crippen LogP contribution is -1.82. The van der Waals surface area contributed by atoms with Gasteiger partial charge in [-0.05, 0) is 6.08 Å². The minimum Gasteiger partial charge on any atom is -0.396 e. The van der Waals surface area contributed by atoms with Crippen molar-refractivity contribution in [1.82, 2.24) is 10.2 Å². The van der Waals surface area contributed by atoms with E-state index in [0.717, 1.165) is 5.69 Å². The highest BCUT2D eigenvalue weighted by molar-refractivity contribution is 5.57. The van der Waals surface area contributed by atoms with Crippen molar-refractivity contribution in [2.45, 2.75) is 0 Å². The van der Waals surface area contributed by atoms with Crippen molar-refractivity contribution >= 4 is 11.8 Å². The van der Waals surface area contributed by atoms with E-state index in [1.165, 1.54) is 0 Å². The van der Waals surface area contributed by atoms with Crippen LogP contribution in [0.4, 0.5) is 5.69 Å². The van der Waals surface area contributed by atoms with Crippen LogP contribution in [0.3, 0.4) is 0 Å². The molecule has 0 atom stereocenters. The molecule has 0 spiro atoms. The van der Waals surface area contributed by atoms with Gasteiger partial charge >= 0.3 is 0 Å². The quantitative estimate of drug-likeness (QED) is 0.555. The molecule has 3 heteroatoms. The molecular weight excluding hydrogens is 102 g/mol. The molecule has 0 aliphatic carbocycles. The number of aromatic amines is 1. The number of aromatic nitrogens is 2. The predicted molar refractivity (Wildman–Crippen MR) is 33.1 cm³/mol. The minimum absolute atomic E-state index is 0.639. The van der Waals surface area contributed by atoms with Crippen LogP contribution in [0.15, 0.2) is 12.8 Å². The summed E-state index contributed by atoms with van der Waals surface area (Å²) in [6.07, 6.45) is 3.18. The number of rotatable bonds is 1. The molecular formula is C5H7N3. The SMILES string of the molecule is C=Cc1[nH]ncc1N. The van der Waals surface area contributed by atoms with Gasteiger partial charge in [-0.25, -0.2) is 0 Å². The maximum Gasteiger partial charge on any atom is 0.0801 e. The van der Waals surface area contributed by atoms with Gasteiger partial charge in [0.25, 0.3) is 0 Å². The molecule has 0 fully saturated rings. The predicted octanol–water partition coefficient (Wildman–Crippen LogP) is 0.635. The van der Waals surface area contributed by atoms with E-state index in [1.54, 1.807) is 12.3 Å². The summed E-state index contributed by atoms with van der Waals surface area (Å²) in [6, 6.07) is 0. The van der Waals surface area contributed by atoms with Crippen molar-refractivity contribution in [3.63, 3.8) is 0 Å². The average Bonchev–Trinajstić information content (AvgIpc) is 2.14. The Hall–Kier alpha value is -1.25. The lowest BCUT2D eigenvalue weighted by molar-refractivity contribution is 1.08. The highest BCUT2D eigenvalue weighted by Gasteiger charge is 1.91. The highest BCUT2D eigenvalue weighted by atomic mass is 15.1. The largest absolute Gasteiger partial charge is 0.396 e. The Kier molecular flexibility index (Phi) is 1.04. The third kappa shape index (κ3) is 0.578. The van der Waals surface area contributed by atoms with Crippen molar-refractivity contribution in [3.8, 4) is 0 Å². The number of nitrogen functional groups attached to an aromatic ring is 1. The second kappa shape index (κ2) is 1.69. The number of H-pyrrole nitrogens is 1. The standard InChI is InChI=1S/C5H7N3/c1-2-5-4(6)3-7-8-5/h2-3H,1,6H2,(H,7,8). The number of anilines is 1. The van der Waals surface area contributed by atoms with Crippen LogP contribution in [0.1, 0.15) is 5.69 Å². The van der Waals surface area contributed by atoms with Gasteiger partial charge < -0.3 is 5.73 Å². The molecule has 1 rings (SSSR count). The van der Waals surface area contributed by atoms with Gasteiger partial charge in [0.2, 0.25) is 0 Å². The van der Waals surface area contributed by atoms with Gasteiger partial charge in [-0.2, -0.15) is 5.10 Å². The molecule has 42 valence electrons. The molecule has 1 heterocycles. The smallest absolute Gasteiger partial charge is 0.0801 e. The second-order valence-corrected chi connectivity index (χ2v) is 1.44. The van der Waals surface area contributed by atoms with E-state index in [1.807, 2.05) is 0 Å². The molecule has 0 saturated carbocycles. The van der Waals surface area contributed by atoms with E-state index in [2.05, 4.69) is 16.8 Å². The highest BCUT2D eigenvalue weighted by Crippen LogP contribution is 2.05. The Labute approximate surface area is 47.2 Å². The average molecular weight is 109 g/mol. The Bertz CT molecular complexity index is 189. The zero-order valence-corrected chi connectivity index (χ0v) is 4.39. The van der Waals surface area contributed by atoms with E-state index in [9.17, 15) is 0 Å². The van der Waals surface area contributed by atoms with Gasteiger partial charge in [-0.1, -0.05) is 6.58 Å². The molecule has 3 nitrogen and oxygen atoms in total. The van der Waals surface area contributed by atoms with E-state index in [-0.39, 0.29) is 0 Å². The summed E-state index contributed by atoms with van der Waals surface area (Å²) in [6.45, 7) is 3.51. The monoisotopic (exact) mass is 109 g/mol. The number of nitrogens with zero attached hydrogens (tertiary/aromatic N) is 1. The van der Waals surface area contributed by atoms with E-state index >= 15 is 0 Å². The third-order valence-corrected chi connectivity index (χ3v) is 0.904. The fraction of sp³-hybridized carbons (Fsp3) is 0. The molecule has 0 aromatic carbocycles. The molecule has 0 radical (unpaired) electrons. The first-order valence-electron chi connectivity index (χ1n) is 2.26. The van der Waals surface area contributed by atoms with Crippen LogP contribution in [0.5, 0.6) is 0 Å². The van der Waals surface area contributed by atoms with Crippen LogP contribution < -0.4 is 5.73 Å². The van der Waals surface area contributed by atoms with E-state index < -0.39 is 0 Å². The summed E-state index contributed by atoms with van der Waals surface area (Å²) in [4.78, 5) is 0. The van der Waals surface area contributed by atoms with Crippen LogP contribution in [0.25, 0.3) is 6.08 Å². The topological polar surface area (TPSA) is 54.7 Å². The maximum absolute atomic E-state index is 5.39. The minimum atomic E-state index is 0.639. The second-order valence-electron chi connectivity index (χ2n) is 1.44. The molecule has 1 aromatic rings. The Balaban J connectivity index is 3.09. The lowest BCUT2D eigenvalue weighted by atomic mass is 10.4. The molecule has 0 bridgehead atoms. The van der Waals surface area contributed by atoms with Crippen LogP contribution in [-0.4, -0.2) is 10.2 Å². The number of hydrogen-bond acceptors (Lipinski definition) is 2. The number of nitrogens with two attached hydrogens (primary N) is 1. The van der Waals surface area contributed by atoms with Gasteiger partial charge in [0.15, 0.2) is 0 Å². The van der Waals surface area contributed by atoms with Gasteiger partial charge in [0.05, 0.1) is 17.6 Å². The van der Waals surface area contributed by atoms with E-state index in [0.29, 0.717) is 5.69 Å². The van der Waals surface area contributed by atoms with Crippen LogP contribution in [-0.2, 0) is 0 Å². The van der Waals surface area contributed by atoms with Crippen LogP contribution >= 0.6 is 0 Å². The molecule has 0 unspecified atom stereocenters. The van der Waals surface area contributed by atoms with Crippen molar-refractivity contribution in [2.24, 2.45) is 0 Å².